The zero-order valence-corrected chi connectivity index (χ0v) is 79.1. The van der Waals surface area contributed by atoms with Crippen LogP contribution in [-0.2, 0) is 107 Å². The summed E-state index contributed by atoms with van der Waals surface area (Å²) in [5, 5.41) is 36.5. The summed E-state index contributed by atoms with van der Waals surface area (Å²) in [6, 6.07) is 5.63. The van der Waals surface area contributed by atoms with Crippen LogP contribution in [0, 0.1) is 17.2 Å². The molecule has 5 heterocycles. The Labute approximate surface area is 796 Å². The van der Waals surface area contributed by atoms with E-state index in [0.717, 1.165) is 37.4 Å². The van der Waals surface area contributed by atoms with E-state index < -0.39 is 222 Å². The number of imidazole rings is 1. The third-order valence-electron chi connectivity index (χ3n) is 24.2. The van der Waals surface area contributed by atoms with E-state index in [4.69, 9.17) is 28.3 Å². The van der Waals surface area contributed by atoms with Crippen molar-refractivity contribution in [2.75, 3.05) is 72.4 Å². The number of ketones is 1. The van der Waals surface area contributed by atoms with Crippen molar-refractivity contribution in [1.82, 2.24) is 97.6 Å². The van der Waals surface area contributed by atoms with E-state index in [2.05, 4.69) is 73.1 Å². The molecule has 3 aromatic carbocycles. The fourth-order valence-electron chi connectivity index (χ4n) is 16.6. The summed E-state index contributed by atoms with van der Waals surface area (Å²) >= 11 is 0.806. The highest BCUT2D eigenvalue weighted by Gasteiger charge is 2.44. The summed E-state index contributed by atoms with van der Waals surface area (Å²) in [6.07, 6.45) is 6.87. The Balaban J connectivity index is 0.0000252. The number of thioether (sulfide) groups is 1. The van der Waals surface area contributed by atoms with Gasteiger partial charge >= 0.3 is 0 Å². The number of nitrogens with one attached hydrogen (secondary N) is 14. The van der Waals surface area contributed by atoms with E-state index in [9.17, 15) is 52.7 Å². The number of primary amides is 2. The number of guanidine groups is 1. The number of hydrogen-bond acceptors (Lipinski definition) is 21. The number of likely N-dealkylation sites (N-methyl/N-ethyl adjacent to an activating group) is 4. The zero-order valence-electron chi connectivity index (χ0n) is 78.3. The highest BCUT2D eigenvalue weighted by Crippen LogP contribution is 2.28. The molecule has 0 radical (unpaired) electrons. The van der Waals surface area contributed by atoms with Gasteiger partial charge in [0.1, 0.15) is 72.5 Å². The van der Waals surface area contributed by atoms with Crippen molar-refractivity contribution in [2.45, 2.75) is 243 Å². The fraction of sp³-hybridized carbons (Fsp3) is 0.543. The SMILES string of the molecule is C.CCCC[C@H]1C(=O)N(C)[C@@H](CCCC)C(=O)N[C@@H](CCCNC(=N)N)C(=O)N[C@H](C(=O)NCC(N)=O)CSCC(=O)N[C@@H](Cc2ccccc2)C(=O)N(C)[C@@H](C)C(=O)N[C@@H](CC(N)=O)C(=O)N2CCC[C@H]2C(=O)N[C@@H](Cc2cnc[nH]2)C(=O)N[C@@H](CC(C)C)C(=O)N(C)CC(=O)C[C@@H](Cc2c[nH]c3ccccc23)C(=O)N[C@@H](CCCCN)C(=O)N[C@@H](Cc2c[nH]c3ccccc23)C(=O)N1C. The third kappa shape index (κ3) is 32.5. The summed E-state index contributed by atoms with van der Waals surface area (Å²) in [7, 11) is 5.42. The molecular formula is C94H138N24O17S. The predicted molar refractivity (Wildman–Crippen MR) is 513 cm³/mol. The van der Waals surface area contributed by atoms with Gasteiger partial charge in [-0.2, -0.15) is 0 Å². The van der Waals surface area contributed by atoms with Gasteiger partial charge in [-0.05, 0) is 119 Å². The summed E-state index contributed by atoms with van der Waals surface area (Å²) < 4.78 is 0. The van der Waals surface area contributed by atoms with Crippen LogP contribution in [0.4, 0.5) is 0 Å². The van der Waals surface area contributed by atoms with Gasteiger partial charge in [0.25, 0.3) is 0 Å². The van der Waals surface area contributed by atoms with E-state index >= 15 is 28.8 Å². The van der Waals surface area contributed by atoms with Crippen molar-refractivity contribution in [3.05, 3.63) is 126 Å². The monoisotopic (exact) mass is 1910 g/mol. The minimum absolute atomic E-state index is 0. The van der Waals surface area contributed by atoms with E-state index in [1.54, 1.807) is 68.7 Å². The molecule has 16 amide bonds. The van der Waals surface area contributed by atoms with Crippen LogP contribution in [0.3, 0.4) is 0 Å². The minimum atomic E-state index is -1.73. The van der Waals surface area contributed by atoms with Crippen LogP contribution in [-0.4, -0.2) is 296 Å². The maximum absolute atomic E-state index is 15.9. The molecule has 0 bridgehead atoms. The molecule has 2 aliphatic heterocycles. The van der Waals surface area contributed by atoms with Crippen molar-refractivity contribution >= 4 is 140 Å². The maximum Gasteiger partial charge on any atom is 0.246 e. The molecule has 13 atom stereocenters. The van der Waals surface area contributed by atoms with Crippen molar-refractivity contribution < 1.29 is 81.5 Å². The lowest BCUT2D eigenvalue weighted by Gasteiger charge is -2.36. The van der Waals surface area contributed by atoms with E-state index in [-0.39, 0.29) is 116 Å². The largest absolute Gasteiger partial charge is 0.370 e. The molecule has 0 unspecified atom stereocenters. The number of Topliss-reactive ketones (excluding diaryl/α,β-unsaturated/α-hetero) is 1. The van der Waals surface area contributed by atoms with Gasteiger partial charge in [-0.3, -0.25) is 86.9 Å². The normalized spacial score (nSPS) is 23.1. The molecule has 0 spiro atoms. The Morgan fingerprint density at radius 1 is 0.544 bits per heavy atom. The van der Waals surface area contributed by atoms with Gasteiger partial charge in [-0.1, -0.05) is 128 Å². The van der Waals surface area contributed by atoms with Crippen LogP contribution < -0.4 is 76.1 Å². The highest BCUT2D eigenvalue weighted by molar-refractivity contribution is 8.00. The number of hydrogen-bond donors (Lipinski definition) is 18. The van der Waals surface area contributed by atoms with Crippen molar-refractivity contribution in [2.24, 2.45) is 34.8 Å². The van der Waals surface area contributed by atoms with Crippen LogP contribution in [0.1, 0.15) is 167 Å². The maximum atomic E-state index is 15.9. The Bertz CT molecular complexity index is 5110. The van der Waals surface area contributed by atoms with E-state index in [1.807, 2.05) is 50.2 Å². The first-order valence-electron chi connectivity index (χ1n) is 46.0. The molecule has 742 valence electrons. The fourth-order valence-corrected chi connectivity index (χ4v) is 17.5. The average Bonchev–Trinajstić information content (AvgIpc) is 1.68. The number of para-hydroxylation sites is 2. The van der Waals surface area contributed by atoms with E-state index in [0.29, 0.717) is 65.4 Å². The molecule has 41 nitrogen and oxygen atoms in total. The molecule has 0 saturated carbocycles. The van der Waals surface area contributed by atoms with Gasteiger partial charge in [0.2, 0.25) is 94.5 Å². The molecule has 6 aromatic rings. The number of aromatic amines is 3. The Kier molecular flexibility index (Phi) is 43.8. The summed E-state index contributed by atoms with van der Waals surface area (Å²) in [5.74, 6) is -17.1. The molecule has 2 aliphatic rings. The lowest BCUT2D eigenvalue weighted by molar-refractivity contribution is -0.149. The molecule has 136 heavy (non-hydrogen) atoms. The number of unbranched alkanes of at least 4 members (excludes halogenated alkanes) is 3. The number of rotatable bonds is 29. The second kappa shape index (κ2) is 54.3. The Morgan fingerprint density at radius 3 is 1.71 bits per heavy atom. The van der Waals surface area contributed by atoms with Crippen LogP contribution >= 0.6 is 11.8 Å². The highest BCUT2D eigenvalue weighted by atomic mass is 32.2. The Morgan fingerprint density at radius 2 is 1.10 bits per heavy atom. The second-order valence-electron chi connectivity index (χ2n) is 35.1. The standard InChI is InChI=1S/C93H134N24O17S.CH4/c1-10-12-33-74-86(128)107-67(32-23-37-100-93(97)98)84(126)112-73(82(124)103-49-78(96)120)51-135-52-79(121)105-70(40-56-25-15-14-16-26-56)89(131)114(7)55(5)80(122)109-72(45-77(95)119)91(133)117-38-24-35-75(117)87(129)108-68(44-60-48-99-53-104-60)85(127)110-69(39-54(3)4)88(130)113(6)50-61(118)42-57(41-58-46-101-64-29-19-17-27-62(58)64)81(123)106-66(31-21-22-36-94)83(125)111-71(43-59-47-102-65-30-20-18-28-63(59)65)90(132)116(9)76(34-13-11-2)92(134)115(74)8;/h14-20,25-30,46-48,53-55,57,66-76,101-102H,10-13,21-24,31-45,49-52,94H2,1-9H3,(H2,95,119)(H2,96,120)(H,99,104)(H,103,124)(H,105,121)(H,106,123)(H,107,128)(H,108,129)(H,109,122)(H,110,127)(H,111,125)(H,112,126)(H4,97,98,100);1H4/t55-,57+,66-,67-,68-,69-,70-,71-,72-,73-,74-,75-,76-;/m0./s1. The number of aromatic nitrogens is 4. The van der Waals surface area contributed by atoms with Crippen molar-refractivity contribution in [3.8, 4) is 0 Å². The predicted octanol–water partition coefficient (Wildman–Crippen LogP) is 0.726. The Hall–Kier alpha value is -13.3. The second-order valence-corrected chi connectivity index (χ2v) is 36.1. The summed E-state index contributed by atoms with van der Waals surface area (Å²) in [5.41, 5.74) is 26.5. The smallest absolute Gasteiger partial charge is 0.246 e. The van der Waals surface area contributed by atoms with Gasteiger partial charge in [0, 0.05) is 125 Å². The number of carbonyl (C=O) groups is 17. The summed E-state index contributed by atoms with van der Waals surface area (Å²) in [6.45, 7) is 7.49. The number of carbonyl (C=O) groups excluding carboxylic acids is 17. The summed E-state index contributed by atoms with van der Waals surface area (Å²) in [4.78, 5) is 270. The quantitative estimate of drug-likeness (QED) is 0.0175. The molecular weight excluding hydrogens is 1770 g/mol. The van der Waals surface area contributed by atoms with Gasteiger partial charge in [-0.25, -0.2) is 4.98 Å². The molecule has 8 rings (SSSR count). The molecule has 0 aliphatic carbocycles. The van der Waals surface area contributed by atoms with Gasteiger partial charge < -0.3 is 116 Å². The number of fused-ring (bicyclic) bond motifs is 3. The van der Waals surface area contributed by atoms with Gasteiger partial charge in [-0.15, -0.1) is 11.8 Å². The van der Waals surface area contributed by atoms with Crippen LogP contribution in [0.15, 0.2) is 104 Å². The average molecular weight is 1910 g/mol. The van der Waals surface area contributed by atoms with Gasteiger partial charge in [0.05, 0.1) is 31.6 Å². The topological polar surface area (TPSA) is 615 Å². The minimum Gasteiger partial charge on any atom is -0.370 e. The van der Waals surface area contributed by atoms with Crippen LogP contribution in [0.25, 0.3) is 21.8 Å². The van der Waals surface area contributed by atoms with Gasteiger partial charge in [0.15, 0.2) is 11.7 Å². The van der Waals surface area contributed by atoms with Crippen LogP contribution in [0.5, 0.6) is 0 Å². The number of amides is 16. The van der Waals surface area contributed by atoms with Crippen molar-refractivity contribution in [3.63, 3.8) is 0 Å². The number of nitrogens with zero attached hydrogens (tertiary/aromatic N) is 6. The van der Waals surface area contributed by atoms with E-state index in [1.165, 1.54) is 57.4 Å². The molecule has 22 N–H and O–H groups in total. The molecule has 2 saturated heterocycles. The molecule has 3 aromatic heterocycles. The lowest BCUT2D eigenvalue weighted by atomic mass is 9.92. The molecule has 42 heteroatoms. The zero-order chi connectivity index (χ0) is 98.7. The number of benzene rings is 3. The first-order chi connectivity index (χ1) is 64.4. The first kappa shape index (κ1) is 110. The first-order valence-corrected chi connectivity index (χ1v) is 47.2. The number of nitrogens with two attached hydrogens (primary N) is 4. The number of H-pyrrole nitrogens is 3. The lowest BCUT2D eigenvalue weighted by Crippen LogP contribution is -2.60. The van der Waals surface area contributed by atoms with Crippen molar-refractivity contribution in [1.29, 1.82) is 5.41 Å². The van der Waals surface area contributed by atoms with Crippen LogP contribution in [0.2, 0.25) is 0 Å². The molecule has 2 fully saturated rings. The third-order valence-corrected chi connectivity index (χ3v) is 25.2.